The fraction of sp³-hybridized carbons (Fsp3) is 0.391. The lowest BCUT2D eigenvalue weighted by molar-refractivity contribution is -0.152. The van der Waals surface area contributed by atoms with Crippen LogP contribution in [0.15, 0.2) is 35.7 Å². The summed E-state index contributed by atoms with van der Waals surface area (Å²) in [6, 6.07) is 8.67. The number of hydrogen-bond donors (Lipinski definition) is 1. The Balaban J connectivity index is 1.38. The van der Waals surface area contributed by atoms with E-state index in [0.717, 1.165) is 4.88 Å². The van der Waals surface area contributed by atoms with E-state index in [4.69, 9.17) is 14.2 Å². The van der Waals surface area contributed by atoms with Crippen LogP contribution in [0.4, 0.5) is 0 Å². The van der Waals surface area contributed by atoms with Gasteiger partial charge in [0.15, 0.2) is 23.9 Å². The van der Waals surface area contributed by atoms with Crippen LogP contribution in [0, 0.1) is 0 Å². The van der Waals surface area contributed by atoms with Crippen molar-refractivity contribution in [2.24, 2.45) is 0 Å². The van der Waals surface area contributed by atoms with Crippen molar-refractivity contribution in [2.75, 3.05) is 32.9 Å². The number of likely N-dealkylation sites (N-methyl/N-ethyl adjacent to an activating group) is 1. The van der Waals surface area contributed by atoms with E-state index in [-0.39, 0.29) is 31.1 Å². The minimum Gasteiger partial charge on any atom is -0.486 e. The maximum atomic E-state index is 12.4. The van der Waals surface area contributed by atoms with Gasteiger partial charge in [0.1, 0.15) is 13.2 Å². The van der Waals surface area contributed by atoms with Crippen LogP contribution < -0.4 is 14.8 Å². The summed E-state index contributed by atoms with van der Waals surface area (Å²) in [5, 5.41) is 4.67. The highest BCUT2D eigenvalue weighted by molar-refractivity contribution is 7.09. The third kappa shape index (κ3) is 7.31. The maximum Gasteiger partial charge on any atom is 0.306 e. The van der Waals surface area contributed by atoms with E-state index in [1.54, 1.807) is 25.1 Å². The molecule has 176 valence electrons. The zero-order valence-electron chi connectivity index (χ0n) is 18.3. The highest BCUT2D eigenvalue weighted by atomic mass is 32.1. The Labute approximate surface area is 195 Å². The van der Waals surface area contributed by atoms with Gasteiger partial charge in [-0.05, 0) is 36.6 Å². The molecule has 0 fully saturated rings. The van der Waals surface area contributed by atoms with Crippen molar-refractivity contribution in [3.05, 3.63) is 46.2 Å². The summed E-state index contributed by atoms with van der Waals surface area (Å²) in [6.07, 6.45) is -0.219. The molecule has 0 aliphatic carbocycles. The zero-order chi connectivity index (χ0) is 23.6. The lowest BCUT2D eigenvalue weighted by atomic mass is 10.1. The van der Waals surface area contributed by atoms with E-state index >= 15 is 0 Å². The van der Waals surface area contributed by atoms with Crippen LogP contribution in [0.1, 0.15) is 35.0 Å². The third-order valence-corrected chi connectivity index (χ3v) is 5.76. The SMILES string of the molecule is CCN(CC(=O)NCc1cccs1)C(=O)COC(=O)CCC(=O)c1ccc2c(c1)OCCO2. The molecule has 0 saturated heterocycles. The second kappa shape index (κ2) is 12.0. The van der Waals surface area contributed by atoms with E-state index in [1.807, 2.05) is 17.5 Å². The lowest BCUT2D eigenvalue weighted by Crippen LogP contribution is -2.42. The molecule has 2 heterocycles. The standard InChI is InChI=1S/C23H26N2O7S/c1-2-25(14-21(27)24-13-17-4-3-11-33-17)22(28)15-32-23(29)8-6-18(26)16-5-7-19-20(12-16)31-10-9-30-19/h3-5,7,11-12H,2,6,8-10,13-15H2,1H3,(H,24,27). The van der Waals surface area contributed by atoms with Crippen LogP contribution in [0.25, 0.3) is 0 Å². The van der Waals surface area contributed by atoms with Crippen LogP contribution in [0.2, 0.25) is 0 Å². The zero-order valence-corrected chi connectivity index (χ0v) is 19.2. The van der Waals surface area contributed by atoms with Crippen molar-refractivity contribution in [3.8, 4) is 11.5 Å². The molecule has 33 heavy (non-hydrogen) atoms. The minimum atomic E-state index is -0.660. The average molecular weight is 475 g/mol. The molecular formula is C23H26N2O7S. The van der Waals surface area contributed by atoms with E-state index in [2.05, 4.69) is 5.32 Å². The lowest BCUT2D eigenvalue weighted by Gasteiger charge is -2.20. The number of carbonyl (C=O) groups excluding carboxylic acids is 4. The smallest absolute Gasteiger partial charge is 0.306 e. The van der Waals surface area contributed by atoms with Gasteiger partial charge in [0.2, 0.25) is 5.91 Å². The largest absolute Gasteiger partial charge is 0.486 e. The van der Waals surface area contributed by atoms with Crippen molar-refractivity contribution in [2.45, 2.75) is 26.3 Å². The summed E-state index contributed by atoms with van der Waals surface area (Å²) in [6.45, 7) is 2.69. The van der Waals surface area contributed by atoms with Gasteiger partial charge in [-0.1, -0.05) is 6.07 Å². The number of esters is 1. The molecular weight excluding hydrogens is 448 g/mol. The number of ether oxygens (including phenoxy) is 3. The van der Waals surface area contributed by atoms with E-state index in [0.29, 0.717) is 43.4 Å². The molecule has 9 nitrogen and oxygen atoms in total. The number of fused-ring (bicyclic) bond motifs is 1. The molecule has 1 aromatic carbocycles. The van der Waals surface area contributed by atoms with Crippen LogP contribution in [-0.2, 0) is 25.7 Å². The number of thiophene rings is 1. The van der Waals surface area contributed by atoms with Gasteiger partial charge in [0.25, 0.3) is 5.91 Å². The van der Waals surface area contributed by atoms with Gasteiger partial charge in [-0.2, -0.15) is 0 Å². The molecule has 0 unspecified atom stereocenters. The fourth-order valence-electron chi connectivity index (χ4n) is 3.09. The van der Waals surface area contributed by atoms with Gasteiger partial charge in [-0.25, -0.2) is 0 Å². The van der Waals surface area contributed by atoms with E-state index in [9.17, 15) is 19.2 Å². The molecule has 1 aliphatic rings. The summed E-state index contributed by atoms with van der Waals surface area (Å²) >= 11 is 1.53. The minimum absolute atomic E-state index is 0.0602. The molecule has 0 bridgehead atoms. The molecule has 2 amide bonds. The summed E-state index contributed by atoms with van der Waals surface area (Å²) in [4.78, 5) is 51.1. The predicted molar refractivity (Wildman–Crippen MR) is 120 cm³/mol. The normalized spacial score (nSPS) is 12.0. The highest BCUT2D eigenvalue weighted by Crippen LogP contribution is 2.31. The maximum absolute atomic E-state index is 12.4. The van der Waals surface area contributed by atoms with Gasteiger partial charge >= 0.3 is 5.97 Å². The molecule has 1 N–H and O–H groups in total. The van der Waals surface area contributed by atoms with Gasteiger partial charge in [-0.15, -0.1) is 11.3 Å². The molecule has 1 aromatic heterocycles. The third-order valence-electron chi connectivity index (χ3n) is 4.89. The molecule has 2 aromatic rings. The Hall–Kier alpha value is -3.40. The van der Waals surface area contributed by atoms with Gasteiger partial charge in [0, 0.05) is 23.4 Å². The van der Waals surface area contributed by atoms with Crippen molar-refractivity contribution in [1.29, 1.82) is 0 Å². The number of carbonyl (C=O) groups is 4. The first-order chi connectivity index (χ1) is 16.0. The van der Waals surface area contributed by atoms with Gasteiger partial charge in [-0.3, -0.25) is 19.2 Å². The average Bonchev–Trinajstić information content (AvgIpc) is 3.36. The van der Waals surface area contributed by atoms with Crippen LogP contribution >= 0.6 is 11.3 Å². The quantitative estimate of drug-likeness (QED) is 0.393. The second-order valence-corrected chi connectivity index (χ2v) is 8.24. The second-order valence-electron chi connectivity index (χ2n) is 7.21. The van der Waals surface area contributed by atoms with Crippen LogP contribution in [-0.4, -0.2) is 61.4 Å². The Morgan fingerprint density at radius 1 is 1.09 bits per heavy atom. The summed E-state index contributed by atoms with van der Waals surface area (Å²) < 4.78 is 15.9. The first-order valence-electron chi connectivity index (χ1n) is 10.6. The number of nitrogens with one attached hydrogen (secondary N) is 1. The number of hydrogen-bond acceptors (Lipinski definition) is 8. The molecule has 1 aliphatic heterocycles. The molecule has 3 rings (SSSR count). The molecule has 10 heteroatoms. The van der Waals surface area contributed by atoms with Crippen molar-refractivity contribution >= 4 is 34.9 Å². The van der Waals surface area contributed by atoms with Crippen molar-refractivity contribution in [3.63, 3.8) is 0 Å². The Morgan fingerprint density at radius 3 is 2.61 bits per heavy atom. The number of rotatable bonds is 11. The Morgan fingerprint density at radius 2 is 1.88 bits per heavy atom. The summed E-state index contributed by atoms with van der Waals surface area (Å²) in [7, 11) is 0. The number of amides is 2. The van der Waals surface area contributed by atoms with Crippen LogP contribution in [0.3, 0.4) is 0 Å². The molecule has 0 radical (unpaired) electrons. The first-order valence-corrected chi connectivity index (χ1v) is 11.5. The fourth-order valence-corrected chi connectivity index (χ4v) is 3.73. The summed E-state index contributed by atoms with van der Waals surface area (Å²) in [5.41, 5.74) is 0.411. The monoisotopic (exact) mass is 474 g/mol. The predicted octanol–water partition coefficient (Wildman–Crippen LogP) is 2.19. The van der Waals surface area contributed by atoms with Crippen molar-refractivity contribution < 1.29 is 33.4 Å². The molecule has 0 spiro atoms. The number of benzene rings is 1. The van der Waals surface area contributed by atoms with E-state index in [1.165, 1.54) is 16.2 Å². The van der Waals surface area contributed by atoms with Crippen LogP contribution in [0.5, 0.6) is 11.5 Å². The number of ketones is 1. The molecule has 0 atom stereocenters. The summed E-state index contributed by atoms with van der Waals surface area (Å²) in [5.74, 6) is -0.596. The Kier molecular flexibility index (Phi) is 8.82. The molecule has 0 saturated carbocycles. The number of nitrogens with zero attached hydrogens (tertiary/aromatic N) is 1. The van der Waals surface area contributed by atoms with Gasteiger partial charge < -0.3 is 24.4 Å². The van der Waals surface area contributed by atoms with Crippen molar-refractivity contribution in [1.82, 2.24) is 10.2 Å². The Bertz CT molecular complexity index is 991. The first kappa shape index (κ1) is 24.2. The van der Waals surface area contributed by atoms with E-state index < -0.39 is 18.5 Å². The van der Waals surface area contributed by atoms with Gasteiger partial charge in [0.05, 0.1) is 19.5 Å². The highest BCUT2D eigenvalue weighted by Gasteiger charge is 2.19. The topological polar surface area (TPSA) is 111 Å². The number of Topliss-reactive ketones (excluding diaryl/α,β-unsaturated/α-hetero) is 1.